The van der Waals surface area contributed by atoms with E-state index in [-0.39, 0.29) is 65.9 Å². The van der Waals surface area contributed by atoms with Crippen molar-refractivity contribution in [2.24, 2.45) is 16.7 Å². The molecule has 11 rings (SSSR count). The quantitative estimate of drug-likeness (QED) is 0.139. The fourth-order valence-electron chi connectivity index (χ4n) is 12.8. The number of aliphatic hydroxyl groups excluding tert-OH is 1. The van der Waals surface area contributed by atoms with E-state index < -0.39 is 23.6 Å². The predicted molar refractivity (Wildman–Crippen MR) is 275 cm³/mol. The van der Waals surface area contributed by atoms with Crippen molar-refractivity contribution in [1.29, 1.82) is 0 Å². The molecule has 0 unspecified atom stereocenters. The second kappa shape index (κ2) is 18.8. The van der Waals surface area contributed by atoms with E-state index in [1.54, 1.807) is 12.1 Å². The highest BCUT2D eigenvalue weighted by Crippen LogP contribution is 2.58. The standard InChI is InChI=1S/C55H68N12O5/c1-5-35-10-12-36(13-11-35)28-57-50(71)45-24-41(68)33-66(45)51(72)47(53(2,3)4)60-49(70)37-14-16-54(17-15-37)26-38(27-54)67-23-21-64(34-55(67)18-19-55)39-29-58-52(59-30-39)63-20-22-65-40(32-63)31-56-48-44(65)25-43(61-62-48)42-8-6-7-9-46(42)69/h1,6-13,25,29-30,37-38,40-41,45,47,68-69H,14-24,26-28,31-34H2,2-4H3,(H,56,62)(H,57,71)(H,60,70)/t37?,38?,40-,41+,45-,47+,54?/m0/s1. The fourth-order valence-corrected chi connectivity index (χ4v) is 12.8. The Morgan fingerprint density at radius 3 is 2.35 bits per heavy atom. The fraction of sp³-hybridized carbons (Fsp3) is 0.545. The average molecular weight is 977 g/mol. The number of aliphatic hydroxyl groups is 1. The molecule has 0 radical (unpaired) electrons. The van der Waals surface area contributed by atoms with Gasteiger partial charge in [-0.2, -0.15) is 0 Å². The second-order valence-electron chi connectivity index (χ2n) is 22.8. The van der Waals surface area contributed by atoms with Crippen LogP contribution in [-0.4, -0.2) is 146 Å². The first-order chi connectivity index (χ1) is 34.7. The molecule has 6 fully saturated rings. The Bertz CT molecular complexity index is 2720. The van der Waals surface area contributed by atoms with Gasteiger partial charge in [-0.1, -0.05) is 51.0 Å². The van der Waals surface area contributed by atoms with Crippen molar-refractivity contribution in [2.75, 3.05) is 72.4 Å². The van der Waals surface area contributed by atoms with Crippen molar-refractivity contribution in [3.8, 4) is 29.4 Å². The number of likely N-dealkylation sites (tertiary alicyclic amines) is 1. The summed E-state index contributed by atoms with van der Waals surface area (Å²) >= 11 is 0. The number of phenolic OH excluding ortho intramolecular Hbond substituents is 1. The van der Waals surface area contributed by atoms with E-state index in [0.29, 0.717) is 17.3 Å². The van der Waals surface area contributed by atoms with Crippen LogP contribution in [0.4, 0.5) is 23.1 Å². The minimum absolute atomic E-state index is 0.0404. The highest BCUT2D eigenvalue weighted by atomic mass is 16.3. The van der Waals surface area contributed by atoms with Gasteiger partial charge in [0.2, 0.25) is 23.7 Å². The monoisotopic (exact) mass is 977 g/mol. The number of aromatic hydroxyl groups is 1. The van der Waals surface area contributed by atoms with Crippen molar-refractivity contribution < 1.29 is 24.6 Å². The molecular formula is C55H68N12O5. The van der Waals surface area contributed by atoms with Gasteiger partial charge in [-0.05, 0) is 98.1 Å². The lowest BCUT2D eigenvalue weighted by Crippen LogP contribution is -2.63. The lowest BCUT2D eigenvalue weighted by atomic mass is 9.56. The molecule has 0 bridgehead atoms. The van der Waals surface area contributed by atoms with Crippen molar-refractivity contribution in [3.63, 3.8) is 0 Å². The number of nitrogens with zero attached hydrogens (tertiary/aromatic N) is 9. The Morgan fingerprint density at radius 1 is 0.903 bits per heavy atom. The maximum absolute atomic E-state index is 14.3. The van der Waals surface area contributed by atoms with Gasteiger partial charge in [-0.3, -0.25) is 19.3 Å². The van der Waals surface area contributed by atoms with E-state index in [1.165, 1.54) is 30.6 Å². The van der Waals surface area contributed by atoms with Gasteiger partial charge >= 0.3 is 0 Å². The Kier molecular flexibility index (Phi) is 12.5. The molecule has 17 heteroatoms. The molecule has 2 spiro atoms. The Labute approximate surface area is 422 Å². The number of anilines is 4. The summed E-state index contributed by atoms with van der Waals surface area (Å²) < 4.78 is 0. The highest BCUT2D eigenvalue weighted by molar-refractivity contribution is 5.93. The molecule has 3 amide bonds. The highest BCUT2D eigenvalue weighted by Gasteiger charge is 2.58. The van der Waals surface area contributed by atoms with Crippen LogP contribution in [0, 0.1) is 29.1 Å². The number of aromatic nitrogens is 4. The molecule has 4 atom stereocenters. The maximum atomic E-state index is 14.3. The number of piperazine rings is 2. The average Bonchev–Trinajstić information content (AvgIpc) is 4.03. The lowest BCUT2D eigenvalue weighted by Gasteiger charge is -2.58. The van der Waals surface area contributed by atoms with Crippen LogP contribution in [0.25, 0.3) is 11.3 Å². The Hall–Kier alpha value is -6.51. The number of β-amino-alcohol motifs (C(OH)–C–C–N with tert-alkyl or cyclic N) is 1. The zero-order valence-corrected chi connectivity index (χ0v) is 41.8. The third-order valence-electron chi connectivity index (χ3n) is 17.1. The van der Waals surface area contributed by atoms with Crippen LogP contribution in [0.15, 0.2) is 67.0 Å². The van der Waals surface area contributed by atoms with Gasteiger partial charge in [0, 0.05) is 93.9 Å². The number of benzene rings is 2. The van der Waals surface area contributed by atoms with Gasteiger partial charge in [0.1, 0.15) is 17.8 Å². The van der Waals surface area contributed by atoms with Crippen LogP contribution >= 0.6 is 0 Å². The number of hydrogen-bond donors (Lipinski definition) is 5. The van der Waals surface area contributed by atoms with Crippen molar-refractivity contribution in [2.45, 2.75) is 121 Å². The zero-order valence-electron chi connectivity index (χ0n) is 41.8. The number of carbonyl (C=O) groups excluding carboxylic acids is 3. The minimum Gasteiger partial charge on any atom is -0.507 e. The number of carbonyl (C=O) groups is 3. The first kappa shape index (κ1) is 47.8. The molecule has 7 aliphatic rings. The second-order valence-corrected chi connectivity index (χ2v) is 22.8. The van der Waals surface area contributed by atoms with E-state index in [2.05, 4.69) is 51.7 Å². The molecule has 4 aromatic rings. The van der Waals surface area contributed by atoms with E-state index in [4.69, 9.17) is 16.4 Å². The molecule has 17 nitrogen and oxygen atoms in total. The van der Waals surface area contributed by atoms with Gasteiger partial charge < -0.3 is 45.8 Å². The van der Waals surface area contributed by atoms with Crippen LogP contribution in [0.5, 0.6) is 5.75 Å². The maximum Gasteiger partial charge on any atom is 0.246 e. The molecular weight excluding hydrogens is 909 g/mol. The SMILES string of the molecule is C#Cc1ccc(CNC(=O)[C@@H]2C[C@@H](O)CN2C(=O)[C@@H](NC(=O)C2CCC3(CC2)CC(N2CCN(c4cnc(N5CCN6c7cc(-c8ccccc8O)nnc7NC[C@H]6C5)nc4)CC24CC4)C3)C(C)(C)C)cc1. The summed E-state index contributed by atoms with van der Waals surface area (Å²) in [5, 5.41) is 39.6. The van der Waals surface area contributed by atoms with E-state index >= 15 is 0 Å². The van der Waals surface area contributed by atoms with Crippen molar-refractivity contribution in [1.82, 2.24) is 40.6 Å². The molecule has 4 aliphatic heterocycles. The number of amides is 3. The summed E-state index contributed by atoms with van der Waals surface area (Å²) in [5.74, 6) is 3.35. The molecule has 5 N–H and O–H groups in total. The number of terminal acetylenes is 1. The number of hydrogen-bond acceptors (Lipinski definition) is 14. The van der Waals surface area contributed by atoms with Gasteiger partial charge in [0.25, 0.3) is 0 Å². The van der Waals surface area contributed by atoms with Gasteiger partial charge in [-0.25, -0.2) is 9.97 Å². The Balaban J connectivity index is 0.649. The third kappa shape index (κ3) is 9.28. The first-order valence-electron chi connectivity index (χ1n) is 26.1. The van der Waals surface area contributed by atoms with Crippen LogP contribution in [0.1, 0.15) is 89.7 Å². The van der Waals surface area contributed by atoms with E-state index in [9.17, 15) is 24.6 Å². The molecule has 3 saturated carbocycles. The third-order valence-corrected chi connectivity index (χ3v) is 17.1. The summed E-state index contributed by atoms with van der Waals surface area (Å²) in [6.07, 6.45) is 17.2. The number of para-hydroxylation sites is 1. The zero-order chi connectivity index (χ0) is 49.9. The number of rotatable bonds is 10. The molecule has 378 valence electrons. The van der Waals surface area contributed by atoms with Crippen LogP contribution in [0.2, 0.25) is 0 Å². The normalized spacial score (nSPS) is 27.0. The number of nitrogens with one attached hydrogen (secondary N) is 3. The van der Waals surface area contributed by atoms with E-state index in [0.717, 1.165) is 106 Å². The lowest BCUT2D eigenvalue weighted by molar-refractivity contribution is -0.145. The van der Waals surface area contributed by atoms with Gasteiger partial charge in [-0.15, -0.1) is 16.6 Å². The summed E-state index contributed by atoms with van der Waals surface area (Å²) in [5.41, 5.74) is 4.85. The number of phenols is 1. The molecule has 6 heterocycles. The summed E-state index contributed by atoms with van der Waals surface area (Å²) in [7, 11) is 0. The van der Waals surface area contributed by atoms with E-state index in [1.807, 2.05) is 75.6 Å². The van der Waals surface area contributed by atoms with Gasteiger partial charge in [0.05, 0.1) is 41.6 Å². The number of fused-ring (bicyclic) bond motifs is 3. The van der Waals surface area contributed by atoms with Crippen LogP contribution < -0.4 is 30.7 Å². The van der Waals surface area contributed by atoms with Crippen LogP contribution in [0.3, 0.4) is 0 Å². The predicted octanol–water partition coefficient (Wildman–Crippen LogP) is 4.54. The van der Waals surface area contributed by atoms with Crippen molar-refractivity contribution in [3.05, 3.63) is 78.1 Å². The van der Waals surface area contributed by atoms with Crippen molar-refractivity contribution >= 4 is 40.9 Å². The summed E-state index contributed by atoms with van der Waals surface area (Å²) in [4.78, 5) is 63.0. The molecule has 2 aromatic heterocycles. The largest absolute Gasteiger partial charge is 0.507 e. The van der Waals surface area contributed by atoms with Crippen LogP contribution in [-0.2, 0) is 20.9 Å². The van der Waals surface area contributed by atoms with Gasteiger partial charge in [0.15, 0.2) is 5.82 Å². The summed E-state index contributed by atoms with van der Waals surface area (Å²) in [6.45, 7) is 12.1. The molecule has 2 aromatic carbocycles. The molecule has 72 heavy (non-hydrogen) atoms. The Morgan fingerprint density at radius 2 is 1.64 bits per heavy atom. The first-order valence-corrected chi connectivity index (χ1v) is 26.1. The summed E-state index contributed by atoms with van der Waals surface area (Å²) in [6, 6.07) is 15.7. The molecule has 3 saturated heterocycles. The minimum atomic E-state index is -0.844. The molecule has 3 aliphatic carbocycles. The smallest absolute Gasteiger partial charge is 0.246 e. The topological polar surface area (TPSA) is 196 Å².